The number of amides is 1. The first-order valence-corrected chi connectivity index (χ1v) is 8.46. The van der Waals surface area contributed by atoms with Gasteiger partial charge in [0, 0.05) is 19.1 Å². The molecule has 1 aliphatic carbocycles. The predicted octanol–water partition coefficient (Wildman–Crippen LogP) is 1.56. The second-order valence-corrected chi connectivity index (χ2v) is 6.14. The van der Waals surface area contributed by atoms with Gasteiger partial charge in [-0.3, -0.25) is 4.79 Å². The molecule has 0 radical (unpaired) electrons. The summed E-state index contributed by atoms with van der Waals surface area (Å²) in [5.74, 6) is 0.115. The maximum atomic E-state index is 12.3. The number of ether oxygens (including phenoxy) is 2. The average molecular weight is 298 g/mol. The quantitative estimate of drug-likeness (QED) is 0.808. The second-order valence-electron chi connectivity index (χ2n) is 6.14. The van der Waals surface area contributed by atoms with Gasteiger partial charge in [-0.15, -0.1) is 0 Å². The number of nitrogens with zero attached hydrogens (tertiary/aromatic N) is 1. The van der Waals surface area contributed by atoms with E-state index in [1.54, 1.807) is 0 Å². The predicted molar refractivity (Wildman–Crippen MR) is 82.3 cm³/mol. The van der Waals surface area contributed by atoms with Crippen LogP contribution in [0.4, 0.5) is 0 Å². The lowest BCUT2D eigenvalue weighted by Crippen LogP contribution is -2.46. The van der Waals surface area contributed by atoms with Crippen molar-refractivity contribution in [2.75, 3.05) is 32.8 Å². The zero-order valence-electron chi connectivity index (χ0n) is 13.5. The first-order valence-electron chi connectivity index (χ1n) is 8.46. The van der Waals surface area contributed by atoms with E-state index in [-0.39, 0.29) is 18.1 Å². The van der Waals surface area contributed by atoms with Gasteiger partial charge in [-0.05, 0) is 45.6 Å². The van der Waals surface area contributed by atoms with E-state index in [0.29, 0.717) is 32.3 Å². The van der Waals surface area contributed by atoms with Gasteiger partial charge in [0.1, 0.15) is 6.10 Å². The lowest BCUT2D eigenvalue weighted by Gasteiger charge is -2.33. The Morgan fingerprint density at radius 3 is 2.57 bits per heavy atom. The molecule has 0 spiro atoms. The fourth-order valence-electron chi connectivity index (χ4n) is 3.14. The highest BCUT2D eigenvalue weighted by atomic mass is 16.5. The molecule has 5 heteroatoms. The van der Waals surface area contributed by atoms with Crippen molar-refractivity contribution in [3.8, 4) is 0 Å². The van der Waals surface area contributed by atoms with Crippen LogP contribution in [0.3, 0.4) is 0 Å². The van der Waals surface area contributed by atoms with Crippen molar-refractivity contribution in [3.05, 3.63) is 0 Å². The van der Waals surface area contributed by atoms with E-state index in [9.17, 15) is 4.79 Å². The normalized spacial score (nSPS) is 28.4. The Hall–Kier alpha value is -0.650. The van der Waals surface area contributed by atoms with Gasteiger partial charge in [0.25, 0.3) is 5.91 Å². The summed E-state index contributed by atoms with van der Waals surface area (Å²) in [6, 6.07) is 0.634. The number of morpholine rings is 1. The molecule has 5 nitrogen and oxygen atoms in total. The van der Waals surface area contributed by atoms with Crippen molar-refractivity contribution in [2.45, 2.75) is 64.2 Å². The molecule has 1 aliphatic heterocycles. The molecule has 1 saturated carbocycles. The number of carbonyl (C=O) groups is 1. The fourth-order valence-corrected chi connectivity index (χ4v) is 3.14. The Morgan fingerprint density at radius 1 is 1.29 bits per heavy atom. The maximum Gasteiger partial charge on any atom is 0.251 e. The lowest BCUT2D eigenvalue weighted by atomic mass is 9.92. The summed E-state index contributed by atoms with van der Waals surface area (Å²) >= 11 is 0. The summed E-state index contributed by atoms with van der Waals surface area (Å²) in [4.78, 5) is 14.2. The van der Waals surface area contributed by atoms with Crippen LogP contribution in [-0.4, -0.2) is 61.9 Å². The van der Waals surface area contributed by atoms with Crippen LogP contribution in [0.25, 0.3) is 0 Å². The molecule has 0 aromatic carbocycles. The molecule has 0 aromatic rings. The third kappa shape index (κ3) is 5.24. The highest BCUT2D eigenvalue weighted by Crippen LogP contribution is 2.22. The van der Waals surface area contributed by atoms with Crippen LogP contribution in [0.2, 0.25) is 0 Å². The molecule has 1 amide bonds. The molecular formula is C16H30N2O3. The molecule has 2 rings (SSSR count). The molecule has 1 atom stereocenters. The SMILES string of the molecule is CCCNC1CCC(OC(C)C(=O)N2CCOCC2)CC1. The van der Waals surface area contributed by atoms with Crippen LogP contribution in [0, 0.1) is 0 Å². The minimum Gasteiger partial charge on any atom is -0.378 e. The Balaban J connectivity index is 1.68. The highest BCUT2D eigenvalue weighted by molar-refractivity contribution is 5.80. The summed E-state index contributed by atoms with van der Waals surface area (Å²) in [6.07, 6.45) is 5.52. The van der Waals surface area contributed by atoms with Gasteiger partial charge in [0.2, 0.25) is 0 Å². The van der Waals surface area contributed by atoms with Gasteiger partial charge in [-0.2, -0.15) is 0 Å². The monoisotopic (exact) mass is 298 g/mol. The molecule has 1 N–H and O–H groups in total. The summed E-state index contributed by atoms with van der Waals surface area (Å²) < 4.78 is 11.3. The van der Waals surface area contributed by atoms with Gasteiger partial charge in [0.15, 0.2) is 0 Å². The maximum absolute atomic E-state index is 12.3. The summed E-state index contributed by atoms with van der Waals surface area (Å²) in [5, 5.41) is 3.57. The van der Waals surface area contributed by atoms with Crippen molar-refractivity contribution < 1.29 is 14.3 Å². The number of rotatable bonds is 6. The van der Waals surface area contributed by atoms with Crippen LogP contribution < -0.4 is 5.32 Å². The van der Waals surface area contributed by atoms with Gasteiger partial charge < -0.3 is 19.7 Å². The molecule has 2 aliphatic rings. The van der Waals surface area contributed by atoms with Gasteiger partial charge in [-0.1, -0.05) is 6.92 Å². The Kier molecular flexibility index (Phi) is 6.93. The zero-order chi connectivity index (χ0) is 15.1. The molecular weight excluding hydrogens is 268 g/mol. The van der Waals surface area contributed by atoms with Gasteiger partial charge in [0.05, 0.1) is 19.3 Å². The first-order chi connectivity index (χ1) is 10.2. The third-order valence-corrected chi connectivity index (χ3v) is 4.42. The molecule has 1 saturated heterocycles. The van der Waals surface area contributed by atoms with E-state index in [1.165, 1.54) is 6.42 Å². The topological polar surface area (TPSA) is 50.8 Å². The second kappa shape index (κ2) is 8.71. The molecule has 21 heavy (non-hydrogen) atoms. The van der Waals surface area contributed by atoms with Crippen LogP contribution >= 0.6 is 0 Å². The summed E-state index contributed by atoms with van der Waals surface area (Å²) in [5.41, 5.74) is 0. The van der Waals surface area contributed by atoms with Crippen LogP contribution in [0.1, 0.15) is 46.0 Å². The van der Waals surface area contributed by atoms with E-state index in [2.05, 4.69) is 12.2 Å². The summed E-state index contributed by atoms with van der Waals surface area (Å²) in [7, 11) is 0. The Labute approximate surface area is 128 Å². The molecule has 122 valence electrons. The first kappa shape index (κ1) is 16.7. The molecule has 2 fully saturated rings. The van der Waals surface area contributed by atoms with Crippen LogP contribution in [0.5, 0.6) is 0 Å². The molecule has 0 bridgehead atoms. The van der Waals surface area contributed by atoms with Gasteiger partial charge >= 0.3 is 0 Å². The van der Waals surface area contributed by atoms with Crippen molar-refractivity contribution >= 4 is 5.91 Å². The fraction of sp³-hybridized carbons (Fsp3) is 0.938. The van der Waals surface area contributed by atoms with Crippen LogP contribution in [-0.2, 0) is 14.3 Å². The van der Waals surface area contributed by atoms with Crippen molar-refractivity contribution in [3.63, 3.8) is 0 Å². The molecule has 0 aromatic heterocycles. The van der Waals surface area contributed by atoms with E-state index >= 15 is 0 Å². The van der Waals surface area contributed by atoms with E-state index < -0.39 is 0 Å². The van der Waals surface area contributed by atoms with Gasteiger partial charge in [-0.25, -0.2) is 0 Å². The average Bonchev–Trinajstić information content (AvgIpc) is 2.54. The van der Waals surface area contributed by atoms with E-state index in [1.807, 2.05) is 11.8 Å². The standard InChI is InChI=1S/C16H30N2O3/c1-3-8-17-14-4-6-15(7-5-14)21-13(2)16(19)18-9-11-20-12-10-18/h13-15,17H,3-12H2,1-2H3. The smallest absolute Gasteiger partial charge is 0.251 e. The van der Waals surface area contributed by atoms with E-state index in [0.717, 1.165) is 32.2 Å². The minimum atomic E-state index is -0.326. The van der Waals surface area contributed by atoms with Crippen LogP contribution in [0.15, 0.2) is 0 Å². The third-order valence-electron chi connectivity index (χ3n) is 4.42. The van der Waals surface area contributed by atoms with E-state index in [4.69, 9.17) is 9.47 Å². The number of nitrogens with one attached hydrogen (secondary N) is 1. The lowest BCUT2D eigenvalue weighted by molar-refractivity contribution is -0.151. The summed E-state index contributed by atoms with van der Waals surface area (Å²) in [6.45, 7) is 7.86. The minimum absolute atomic E-state index is 0.115. The number of hydrogen-bond donors (Lipinski definition) is 1. The zero-order valence-corrected chi connectivity index (χ0v) is 13.5. The molecule has 1 heterocycles. The van der Waals surface area contributed by atoms with Crippen molar-refractivity contribution in [1.29, 1.82) is 0 Å². The number of carbonyl (C=O) groups excluding carboxylic acids is 1. The largest absolute Gasteiger partial charge is 0.378 e. The van der Waals surface area contributed by atoms with Crippen molar-refractivity contribution in [1.82, 2.24) is 10.2 Å². The Bertz CT molecular complexity index is 311. The molecule has 1 unspecified atom stereocenters. The highest BCUT2D eigenvalue weighted by Gasteiger charge is 2.28. The Morgan fingerprint density at radius 2 is 1.95 bits per heavy atom. The van der Waals surface area contributed by atoms with Crippen molar-refractivity contribution in [2.24, 2.45) is 0 Å². The number of hydrogen-bond acceptors (Lipinski definition) is 4.